The Balaban J connectivity index is 1.35. The van der Waals surface area contributed by atoms with Gasteiger partial charge in [-0.2, -0.15) is 5.10 Å². The molecule has 12 atom stereocenters. The maximum absolute atomic E-state index is 13.5. The number of furan rings is 1. The predicted octanol–water partition coefficient (Wildman–Crippen LogP) is 8.43. The van der Waals surface area contributed by atoms with E-state index < -0.39 is 17.4 Å². The zero-order chi connectivity index (χ0) is 36.9. The van der Waals surface area contributed by atoms with Crippen LogP contribution in [-0.4, -0.2) is 57.3 Å². The number of fused-ring (bicyclic) bond motifs is 3. The summed E-state index contributed by atoms with van der Waals surface area (Å²) < 4.78 is 21.5. The van der Waals surface area contributed by atoms with Crippen LogP contribution in [-0.2, 0) is 14.3 Å². The van der Waals surface area contributed by atoms with E-state index in [1.54, 1.807) is 18.9 Å². The van der Waals surface area contributed by atoms with Crippen molar-refractivity contribution in [3.8, 4) is 11.4 Å². The minimum absolute atomic E-state index is 0.111. The lowest BCUT2D eigenvalue weighted by atomic mass is 9.34. The lowest BCUT2D eigenvalue weighted by molar-refractivity contribution is -0.252. The Labute approximate surface area is 305 Å². The Hall–Kier alpha value is -2.49. The van der Waals surface area contributed by atoms with Crippen molar-refractivity contribution < 1.29 is 23.8 Å². The zero-order valence-corrected chi connectivity index (χ0v) is 32.9. The van der Waals surface area contributed by atoms with Crippen molar-refractivity contribution in [3.05, 3.63) is 36.6 Å². The number of ether oxygens (including phenoxy) is 2. The number of carboxylic acid groups (broad SMARTS) is 1. The van der Waals surface area contributed by atoms with E-state index in [2.05, 4.69) is 80.0 Å². The number of aliphatic carboxylic acids is 1. The second-order valence-corrected chi connectivity index (χ2v) is 19.5. The van der Waals surface area contributed by atoms with E-state index in [1.165, 1.54) is 5.57 Å². The van der Waals surface area contributed by atoms with Crippen LogP contribution in [0.25, 0.3) is 11.4 Å². The molecule has 1 aliphatic heterocycles. The largest absolute Gasteiger partial charge is 0.481 e. The summed E-state index contributed by atoms with van der Waals surface area (Å²) >= 11 is 0. The summed E-state index contributed by atoms with van der Waals surface area (Å²) in [5.41, 5.74) is 7.45. The van der Waals surface area contributed by atoms with E-state index in [0.29, 0.717) is 37.6 Å². The number of aromatic nitrogens is 3. The number of carbonyl (C=O) groups is 1. The summed E-state index contributed by atoms with van der Waals surface area (Å²) in [6, 6.07) is 1.83. The Morgan fingerprint density at radius 3 is 2.51 bits per heavy atom. The molecule has 0 radical (unpaired) electrons. The van der Waals surface area contributed by atoms with Gasteiger partial charge in [-0.15, -0.1) is 0 Å². The van der Waals surface area contributed by atoms with E-state index in [0.717, 1.165) is 49.9 Å². The Morgan fingerprint density at radius 2 is 1.86 bits per heavy atom. The number of rotatable bonds is 9. The molecule has 4 fully saturated rings. The summed E-state index contributed by atoms with van der Waals surface area (Å²) in [5.74, 6) is 1.34. The molecule has 7 rings (SSSR count). The first-order valence-electron chi connectivity index (χ1n) is 19.7. The third-order valence-electron chi connectivity index (χ3n) is 16.6. The van der Waals surface area contributed by atoms with E-state index >= 15 is 0 Å². The number of hydrogen-bond donors (Lipinski definition) is 2. The fourth-order valence-electron chi connectivity index (χ4n) is 12.6. The van der Waals surface area contributed by atoms with E-state index in [1.807, 2.05) is 6.07 Å². The van der Waals surface area contributed by atoms with Gasteiger partial charge in [0.2, 0.25) is 0 Å². The van der Waals surface area contributed by atoms with Gasteiger partial charge in [-0.1, -0.05) is 74.0 Å². The maximum atomic E-state index is 13.5. The van der Waals surface area contributed by atoms with Gasteiger partial charge >= 0.3 is 5.97 Å². The second-order valence-electron chi connectivity index (χ2n) is 19.5. The van der Waals surface area contributed by atoms with Gasteiger partial charge in [0.1, 0.15) is 12.6 Å². The lowest BCUT2D eigenvalue weighted by Gasteiger charge is -2.71. The van der Waals surface area contributed by atoms with Gasteiger partial charge in [-0.25, -0.2) is 9.67 Å². The summed E-state index contributed by atoms with van der Waals surface area (Å²) in [6.07, 6.45) is 13.1. The van der Waals surface area contributed by atoms with Crippen LogP contribution in [0.15, 0.2) is 41.0 Å². The molecule has 3 N–H and O–H groups in total. The van der Waals surface area contributed by atoms with Crippen LogP contribution in [0.1, 0.15) is 114 Å². The van der Waals surface area contributed by atoms with Crippen LogP contribution < -0.4 is 5.73 Å². The third kappa shape index (κ3) is 5.13. The van der Waals surface area contributed by atoms with Crippen LogP contribution in [0.4, 0.5) is 0 Å². The highest BCUT2D eigenvalue weighted by molar-refractivity contribution is 5.73. The minimum Gasteiger partial charge on any atom is -0.481 e. The highest BCUT2D eigenvalue weighted by Crippen LogP contribution is 2.75. The molecule has 2 bridgehead atoms. The third-order valence-corrected chi connectivity index (χ3v) is 16.6. The van der Waals surface area contributed by atoms with Gasteiger partial charge in [0.05, 0.1) is 49.7 Å². The fourth-order valence-corrected chi connectivity index (χ4v) is 12.6. The SMILES string of the molecule is CC(C)[C@@H](C)[C@@]1(C)CC[C@]2(C)[C@H]3CC[C@@H]4[C@@]5(COC[C@@]4(C)[C@@H](OC[C@](C)(N)C(C)C)[C@H](n4ncnc4-c4ccoc4)C5)C3=CC[C@@]2(C)[C@@H]1C(=O)O. The van der Waals surface area contributed by atoms with Gasteiger partial charge in [-0.3, -0.25) is 4.79 Å². The molecule has 2 aromatic rings. The monoisotopic (exact) mass is 704 g/mol. The van der Waals surface area contributed by atoms with Crippen LogP contribution in [0.5, 0.6) is 0 Å². The number of nitrogens with two attached hydrogens (primary N) is 1. The molecule has 0 unspecified atom stereocenters. The van der Waals surface area contributed by atoms with Crippen molar-refractivity contribution in [2.24, 2.45) is 68.3 Å². The molecule has 3 saturated carbocycles. The molecule has 1 saturated heterocycles. The molecule has 0 aromatic carbocycles. The van der Waals surface area contributed by atoms with Crippen molar-refractivity contribution in [1.82, 2.24) is 14.8 Å². The molecule has 5 aliphatic rings. The first-order valence-corrected chi connectivity index (χ1v) is 19.7. The molecule has 4 aliphatic carbocycles. The first-order chi connectivity index (χ1) is 23.9. The summed E-state index contributed by atoms with van der Waals surface area (Å²) in [6.45, 7) is 24.3. The molecule has 0 amide bonds. The van der Waals surface area contributed by atoms with E-state index in [4.69, 9.17) is 29.7 Å². The fraction of sp³-hybridized carbons (Fsp3) is 0.786. The average Bonchev–Trinajstić information content (AvgIpc) is 3.76. The molecular weight excluding hydrogens is 640 g/mol. The number of nitrogens with zero attached hydrogens (tertiary/aromatic N) is 3. The molecule has 9 nitrogen and oxygen atoms in total. The molecule has 2 aromatic heterocycles. The summed E-state index contributed by atoms with van der Waals surface area (Å²) in [7, 11) is 0. The second kappa shape index (κ2) is 12.3. The number of allylic oxidation sites excluding steroid dienone is 1. The molecule has 51 heavy (non-hydrogen) atoms. The highest BCUT2D eigenvalue weighted by Gasteiger charge is 2.72. The molecule has 282 valence electrons. The van der Waals surface area contributed by atoms with E-state index in [9.17, 15) is 9.90 Å². The Morgan fingerprint density at radius 1 is 1.12 bits per heavy atom. The Kier molecular flexibility index (Phi) is 8.87. The van der Waals surface area contributed by atoms with Crippen LogP contribution in [0, 0.1) is 62.6 Å². The van der Waals surface area contributed by atoms with Crippen molar-refractivity contribution in [1.29, 1.82) is 0 Å². The van der Waals surface area contributed by atoms with Crippen molar-refractivity contribution >= 4 is 5.97 Å². The van der Waals surface area contributed by atoms with Crippen molar-refractivity contribution in [2.45, 2.75) is 125 Å². The molecule has 3 heterocycles. The van der Waals surface area contributed by atoms with Crippen LogP contribution in [0.3, 0.4) is 0 Å². The molecule has 9 heteroatoms. The summed E-state index contributed by atoms with van der Waals surface area (Å²) in [4.78, 5) is 18.3. The van der Waals surface area contributed by atoms with Gasteiger partial charge in [-0.05, 0) is 97.3 Å². The average molecular weight is 705 g/mol. The molecular formula is C42H64N4O5. The quantitative estimate of drug-likeness (QED) is 0.249. The normalized spacial score (nSPS) is 42.4. The Bertz CT molecular complexity index is 1650. The van der Waals surface area contributed by atoms with Crippen LogP contribution >= 0.6 is 0 Å². The number of hydrogen-bond acceptors (Lipinski definition) is 7. The summed E-state index contributed by atoms with van der Waals surface area (Å²) in [5, 5.41) is 16.0. The highest BCUT2D eigenvalue weighted by atomic mass is 16.5. The maximum Gasteiger partial charge on any atom is 0.307 e. The molecule has 0 spiro atoms. The van der Waals surface area contributed by atoms with Crippen molar-refractivity contribution in [3.63, 3.8) is 0 Å². The topological polar surface area (TPSA) is 126 Å². The standard InChI is InChI=1S/C42H64N4O5/c1-25(2)27(5)37(6)16-17-39(8)29-11-12-32-38(7)21-50-23-42(32,30(29)13-15-40(39,9)33(37)36(47)48)19-31(34(38)51-22-41(10,43)26(3)4)46-35(44-24-45-46)28-14-18-49-20-28/h13-14,18,20,24-27,29,31-34H,11-12,15-17,19,21-23,43H2,1-10H3,(H,47,48)/t27-,29+,31-,32+,33-,34+,37-,38-,39-,40+,41+,42+/m1/s1. The number of carboxylic acids is 1. The lowest BCUT2D eigenvalue weighted by Crippen LogP contribution is -2.69. The van der Waals surface area contributed by atoms with Crippen LogP contribution in [0.2, 0.25) is 0 Å². The van der Waals surface area contributed by atoms with E-state index in [-0.39, 0.29) is 51.1 Å². The smallest absolute Gasteiger partial charge is 0.307 e. The zero-order valence-electron chi connectivity index (χ0n) is 32.9. The van der Waals surface area contributed by atoms with Gasteiger partial charge in [0, 0.05) is 16.4 Å². The predicted molar refractivity (Wildman–Crippen MR) is 198 cm³/mol. The first kappa shape index (κ1) is 36.9. The van der Waals surface area contributed by atoms with Gasteiger partial charge in [0.15, 0.2) is 5.82 Å². The minimum atomic E-state index is -0.625. The van der Waals surface area contributed by atoms with Gasteiger partial charge in [0.25, 0.3) is 0 Å². The van der Waals surface area contributed by atoms with Crippen molar-refractivity contribution in [2.75, 3.05) is 19.8 Å². The van der Waals surface area contributed by atoms with Gasteiger partial charge < -0.3 is 24.7 Å².